The average molecular weight is 326 g/mol. The molecule has 0 saturated heterocycles. The summed E-state index contributed by atoms with van der Waals surface area (Å²) in [6.07, 6.45) is 2.53. The van der Waals surface area contributed by atoms with Crippen molar-refractivity contribution < 1.29 is 0 Å². The van der Waals surface area contributed by atoms with E-state index in [1.807, 2.05) is 0 Å². The van der Waals surface area contributed by atoms with E-state index in [0.717, 1.165) is 23.5 Å². The zero-order chi connectivity index (χ0) is 14.3. The van der Waals surface area contributed by atoms with Gasteiger partial charge in [-0.1, -0.05) is 62.2 Å². The fourth-order valence-electron chi connectivity index (χ4n) is 2.27. The summed E-state index contributed by atoms with van der Waals surface area (Å²) in [6, 6.07) is 8.82. The van der Waals surface area contributed by atoms with E-state index in [0.29, 0.717) is 11.8 Å². The van der Waals surface area contributed by atoms with Crippen molar-refractivity contribution in [1.82, 2.24) is 5.32 Å². The number of benzene rings is 1. The van der Waals surface area contributed by atoms with E-state index >= 15 is 0 Å². The monoisotopic (exact) mass is 325 g/mol. The van der Waals surface area contributed by atoms with Crippen molar-refractivity contribution in [2.75, 3.05) is 13.1 Å². The lowest BCUT2D eigenvalue weighted by atomic mass is 9.88. The fourth-order valence-corrected chi connectivity index (χ4v) is 2.54. The molecule has 1 nitrogen and oxygen atoms in total. The zero-order valence-electron chi connectivity index (χ0n) is 12.7. The van der Waals surface area contributed by atoms with Gasteiger partial charge in [0.25, 0.3) is 0 Å². The Labute approximate surface area is 127 Å². The first kappa shape index (κ1) is 16.7. The van der Waals surface area contributed by atoms with Crippen LogP contribution in [0.25, 0.3) is 0 Å². The molecule has 0 amide bonds. The van der Waals surface area contributed by atoms with Gasteiger partial charge in [0.1, 0.15) is 0 Å². The third kappa shape index (κ3) is 6.58. The van der Waals surface area contributed by atoms with E-state index in [1.165, 1.54) is 18.4 Å². The Hall–Kier alpha value is -0.340. The van der Waals surface area contributed by atoms with Gasteiger partial charge in [0.05, 0.1) is 0 Å². The molecule has 0 aliphatic heterocycles. The van der Waals surface area contributed by atoms with E-state index in [-0.39, 0.29) is 0 Å². The van der Waals surface area contributed by atoms with Crippen LogP contribution in [-0.4, -0.2) is 13.1 Å². The van der Waals surface area contributed by atoms with E-state index in [9.17, 15) is 0 Å². The lowest BCUT2D eigenvalue weighted by Crippen LogP contribution is -2.26. The van der Waals surface area contributed by atoms with Crippen LogP contribution in [0, 0.1) is 11.8 Å². The highest BCUT2D eigenvalue weighted by molar-refractivity contribution is 9.10. The molecule has 2 heteroatoms. The quantitative estimate of drug-likeness (QED) is 0.691. The van der Waals surface area contributed by atoms with Crippen molar-refractivity contribution in [2.45, 2.75) is 46.5 Å². The van der Waals surface area contributed by atoms with Gasteiger partial charge in [-0.15, -0.1) is 0 Å². The summed E-state index contributed by atoms with van der Waals surface area (Å²) in [5, 5.41) is 3.62. The van der Waals surface area contributed by atoms with E-state index < -0.39 is 0 Å². The van der Waals surface area contributed by atoms with Crippen LogP contribution in [0.5, 0.6) is 0 Å². The molecule has 0 spiro atoms. The summed E-state index contributed by atoms with van der Waals surface area (Å²) >= 11 is 3.52. The van der Waals surface area contributed by atoms with Gasteiger partial charge in [0, 0.05) is 11.0 Å². The Kier molecular flexibility index (Phi) is 7.70. The molecule has 0 aromatic heterocycles. The van der Waals surface area contributed by atoms with E-state index in [4.69, 9.17) is 0 Å². The lowest BCUT2D eigenvalue weighted by molar-refractivity contribution is 0.425. The van der Waals surface area contributed by atoms with Gasteiger partial charge in [0.15, 0.2) is 0 Å². The van der Waals surface area contributed by atoms with Gasteiger partial charge < -0.3 is 5.32 Å². The molecule has 0 aliphatic rings. The van der Waals surface area contributed by atoms with Crippen molar-refractivity contribution in [3.05, 3.63) is 34.3 Å². The molecule has 0 saturated carbocycles. The first-order valence-corrected chi connectivity index (χ1v) is 8.28. The van der Waals surface area contributed by atoms with Crippen LogP contribution in [0.2, 0.25) is 0 Å². The van der Waals surface area contributed by atoms with Crippen LogP contribution < -0.4 is 5.32 Å². The highest BCUT2D eigenvalue weighted by Crippen LogP contribution is 2.26. The second-order valence-electron chi connectivity index (χ2n) is 6.05. The third-order valence-electron chi connectivity index (χ3n) is 3.67. The maximum Gasteiger partial charge on any atom is 0.0175 e. The molecule has 0 fully saturated rings. The van der Waals surface area contributed by atoms with Crippen LogP contribution >= 0.6 is 15.9 Å². The molecule has 1 rings (SSSR count). The average Bonchev–Trinajstić information content (AvgIpc) is 2.38. The van der Waals surface area contributed by atoms with Gasteiger partial charge in [-0.2, -0.15) is 0 Å². The smallest absolute Gasteiger partial charge is 0.0175 e. The molecule has 19 heavy (non-hydrogen) atoms. The molecule has 1 aromatic rings. The Morgan fingerprint density at radius 3 is 2.21 bits per heavy atom. The molecule has 0 heterocycles. The zero-order valence-corrected chi connectivity index (χ0v) is 14.3. The maximum atomic E-state index is 3.62. The van der Waals surface area contributed by atoms with Gasteiger partial charge in [-0.25, -0.2) is 0 Å². The summed E-state index contributed by atoms with van der Waals surface area (Å²) in [7, 11) is 0. The second kappa shape index (κ2) is 8.76. The number of hydrogen-bond donors (Lipinski definition) is 1. The van der Waals surface area contributed by atoms with Crippen LogP contribution in [0.4, 0.5) is 0 Å². The molecule has 2 atom stereocenters. The summed E-state index contributed by atoms with van der Waals surface area (Å²) < 4.78 is 1.16. The Balaban J connectivity index is 2.65. The second-order valence-corrected chi connectivity index (χ2v) is 6.97. The normalized spacial score (nSPS) is 14.6. The van der Waals surface area contributed by atoms with Crippen LogP contribution in [-0.2, 0) is 0 Å². The molecule has 0 aliphatic carbocycles. The standard InChI is InChI=1S/C17H28BrN/c1-5-14(4)10-16(12-19-11-13(2)3)15-6-8-17(18)9-7-15/h6-9,13-14,16,19H,5,10-12H2,1-4H3. The molecule has 0 bridgehead atoms. The molecular formula is C17H28BrN. The van der Waals surface area contributed by atoms with Gasteiger partial charge >= 0.3 is 0 Å². The van der Waals surface area contributed by atoms with Crippen molar-refractivity contribution in [2.24, 2.45) is 11.8 Å². The lowest BCUT2D eigenvalue weighted by Gasteiger charge is -2.22. The summed E-state index contributed by atoms with van der Waals surface area (Å²) in [5.74, 6) is 2.13. The molecule has 1 N–H and O–H groups in total. The highest BCUT2D eigenvalue weighted by atomic mass is 79.9. The third-order valence-corrected chi connectivity index (χ3v) is 4.20. The molecule has 1 aromatic carbocycles. The van der Waals surface area contributed by atoms with Crippen molar-refractivity contribution in [3.63, 3.8) is 0 Å². The molecular weight excluding hydrogens is 298 g/mol. The number of nitrogens with one attached hydrogen (secondary N) is 1. The Morgan fingerprint density at radius 2 is 1.68 bits per heavy atom. The van der Waals surface area contributed by atoms with E-state index in [2.05, 4.69) is 73.2 Å². The van der Waals surface area contributed by atoms with Gasteiger partial charge in [0.2, 0.25) is 0 Å². The SMILES string of the molecule is CCC(C)CC(CNCC(C)C)c1ccc(Br)cc1. The largest absolute Gasteiger partial charge is 0.316 e. The molecule has 2 unspecified atom stereocenters. The topological polar surface area (TPSA) is 12.0 Å². The maximum absolute atomic E-state index is 3.62. The number of halogens is 1. The fraction of sp³-hybridized carbons (Fsp3) is 0.647. The van der Waals surface area contributed by atoms with Gasteiger partial charge in [-0.05, 0) is 48.4 Å². The van der Waals surface area contributed by atoms with Gasteiger partial charge in [-0.3, -0.25) is 0 Å². The number of hydrogen-bond acceptors (Lipinski definition) is 1. The predicted molar refractivity (Wildman–Crippen MR) is 88.7 cm³/mol. The van der Waals surface area contributed by atoms with Crippen LogP contribution in [0.15, 0.2) is 28.7 Å². The van der Waals surface area contributed by atoms with Crippen molar-refractivity contribution >= 4 is 15.9 Å². The van der Waals surface area contributed by atoms with Crippen molar-refractivity contribution in [3.8, 4) is 0 Å². The summed E-state index contributed by atoms with van der Waals surface area (Å²) in [4.78, 5) is 0. The van der Waals surface area contributed by atoms with Crippen LogP contribution in [0.3, 0.4) is 0 Å². The first-order valence-electron chi connectivity index (χ1n) is 7.49. The Bertz CT molecular complexity index is 345. The highest BCUT2D eigenvalue weighted by Gasteiger charge is 2.14. The minimum Gasteiger partial charge on any atom is -0.316 e. The first-order chi connectivity index (χ1) is 9.02. The number of rotatable bonds is 8. The molecule has 108 valence electrons. The van der Waals surface area contributed by atoms with Crippen LogP contribution in [0.1, 0.15) is 52.0 Å². The summed E-state index contributed by atoms with van der Waals surface area (Å²) in [6.45, 7) is 11.4. The minimum atomic E-state index is 0.627. The van der Waals surface area contributed by atoms with E-state index in [1.54, 1.807) is 0 Å². The molecule has 0 radical (unpaired) electrons. The summed E-state index contributed by atoms with van der Waals surface area (Å²) in [5.41, 5.74) is 1.46. The minimum absolute atomic E-state index is 0.627. The van der Waals surface area contributed by atoms with Crippen molar-refractivity contribution in [1.29, 1.82) is 0 Å². The predicted octanol–water partition coefficient (Wildman–Crippen LogP) is 5.21. The Morgan fingerprint density at radius 1 is 1.05 bits per heavy atom.